The van der Waals surface area contributed by atoms with E-state index in [1.807, 2.05) is 24.3 Å². The summed E-state index contributed by atoms with van der Waals surface area (Å²) in [6, 6.07) is 12.5. The Labute approximate surface area is 185 Å². The lowest BCUT2D eigenvalue weighted by atomic mass is 9.84. The van der Waals surface area contributed by atoms with Crippen molar-refractivity contribution in [2.75, 3.05) is 12.9 Å². The first-order chi connectivity index (χ1) is 14.3. The number of nitrogens with one attached hydrogen (secondary N) is 1. The van der Waals surface area contributed by atoms with Crippen molar-refractivity contribution in [3.8, 4) is 0 Å². The van der Waals surface area contributed by atoms with Gasteiger partial charge in [0.25, 0.3) is 0 Å². The number of carbonyl (C=O) groups excluding carboxylic acids is 1. The topological polar surface area (TPSA) is 72.5 Å². The zero-order chi connectivity index (χ0) is 21.6. The smallest absolute Gasteiger partial charge is 0.336 e. The van der Waals surface area contributed by atoms with Gasteiger partial charge in [0.2, 0.25) is 0 Å². The molecule has 0 saturated carbocycles. The molecule has 8 heteroatoms. The number of carbonyl (C=O) groups is 1. The molecule has 0 fully saturated rings. The summed E-state index contributed by atoms with van der Waals surface area (Å²) in [5.74, 6) is -1.64. The largest absolute Gasteiger partial charge is 0.466 e. The van der Waals surface area contributed by atoms with Crippen molar-refractivity contribution in [1.29, 1.82) is 0 Å². The number of benzene rings is 2. The first-order valence-electron chi connectivity index (χ1n) is 9.31. The van der Waals surface area contributed by atoms with Gasteiger partial charge in [-0.2, -0.15) is 0 Å². The van der Waals surface area contributed by atoms with Gasteiger partial charge in [-0.3, -0.25) is 0 Å². The van der Waals surface area contributed by atoms with E-state index in [0.29, 0.717) is 23.4 Å². The van der Waals surface area contributed by atoms with Crippen LogP contribution in [0.1, 0.15) is 29.5 Å². The summed E-state index contributed by atoms with van der Waals surface area (Å²) >= 11 is 12.8. The molecule has 1 atom stereocenters. The van der Waals surface area contributed by atoms with Gasteiger partial charge in [0.05, 0.1) is 45.0 Å². The van der Waals surface area contributed by atoms with E-state index in [1.54, 1.807) is 25.1 Å². The van der Waals surface area contributed by atoms with E-state index < -0.39 is 21.7 Å². The van der Waals surface area contributed by atoms with Crippen LogP contribution in [0.3, 0.4) is 0 Å². The molecule has 0 radical (unpaired) electrons. The number of halogens is 2. The maximum absolute atomic E-state index is 13.5. The molecule has 0 amide bonds. The number of esters is 1. The van der Waals surface area contributed by atoms with Crippen LogP contribution >= 0.6 is 23.2 Å². The van der Waals surface area contributed by atoms with Gasteiger partial charge in [-0.05, 0) is 30.5 Å². The molecule has 4 rings (SSSR count). The van der Waals surface area contributed by atoms with Crippen molar-refractivity contribution < 1.29 is 17.9 Å². The molecule has 5 nitrogen and oxygen atoms in total. The number of ether oxygens (including phenoxy) is 1. The van der Waals surface area contributed by atoms with Crippen molar-refractivity contribution in [2.45, 2.75) is 19.3 Å². The molecule has 30 heavy (non-hydrogen) atoms. The first-order valence-corrected chi connectivity index (χ1v) is 11.7. The summed E-state index contributed by atoms with van der Waals surface area (Å²) < 4.78 is 32.0. The highest BCUT2D eigenvalue weighted by Gasteiger charge is 2.43. The van der Waals surface area contributed by atoms with E-state index >= 15 is 0 Å². The summed E-state index contributed by atoms with van der Waals surface area (Å²) in [5, 5.41) is 3.66. The molecule has 1 unspecified atom stereocenters. The molecule has 1 N–H and O–H groups in total. The highest BCUT2D eigenvalue weighted by Crippen LogP contribution is 2.48. The molecule has 2 aromatic rings. The number of rotatable bonds is 2. The lowest BCUT2D eigenvalue weighted by Crippen LogP contribution is -2.32. The Morgan fingerprint density at radius 2 is 1.87 bits per heavy atom. The average Bonchev–Trinajstić information content (AvgIpc) is 2.83. The molecule has 0 bridgehead atoms. The van der Waals surface area contributed by atoms with Crippen LogP contribution in [0, 0.1) is 0 Å². The Kier molecular flexibility index (Phi) is 5.43. The van der Waals surface area contributed by atoms with E-state index in [-0.39, 0.29) is 26.3 Å². The van der Waals surface area contributed by atoms with E-state index in [9.17, 15) is 13.2 Å². The zero-order valence-corrected chi connectivity index (χ0v) is 18.7. The highest BCUT2D eigenvalue weighted by molar-refractivity contribution is 7.95. The molecule has 0 aromatic heterocycles. The first kappa shape index (κ1) is 21.0. The van der Waals surface area contributed by atoms with Crippen molar-refractivity contribution in [3.05, 3.63) is 85.4 Å². The van der Waals surface area contributed by atoms with Gasteiger partial charge in [-0.25, -0.2) is 13.2 Å². The van der Waals surface area contributed by atoms with Crippen molar-refractivity contribution >= 4 is 44.7 Å². The Morgan fingerprint density at radius 1 is 1.13 bits per heavy atom. The SMILES string of the molecule is COC(=O)C1=C(C)NC2=C(C1c1cccc(Cl)c1Cl)S(=O)(=O)CCc1ccccc12. The summed E-state index contributed by atoms with van der Waals surface area (Å²) in [4.78, 5) is 12.9. The zero-order valence-electron chi connectivity index (χ0n) is 16.3. The van der Waals surface area contributed by atoms with Crippen LogP contribution in [0.15, 0.2) is 58.6 Å². The van der Waals surface area contributed by atoms with Crippen LogP contribution in [0.2, 0.25) is 10.0 Å². The lowest BCUT2D eigenvalue weighted by molar-refractivity contribution is -0.136. The normalized spacial score (nSPS) is 20.1. The number of sulfone groups is 1. The summed E-state index contributed by atoms with van der Waals surface area (Å²) in [7, 11) is -2.48. The Hall–Kier alpha value is -2.28. The van der Waals surface area contributed by atoms with E-state index in [1.165, 1.54) is 7.11 Å². The maximum Gasteiger partial charge on any atom is 0.336 e. The monoisotopic (exact) mass is 463 g/mol. The molecule has 2 aliphatic heterocycles. The molecule has 0 aliphatic carbocycles. The van der Waals surface area contributed by atoms with Crippen molar-refractivity contribution in [1.82, 2.24) is 5.32 Å². The van der Waals surface area contributed by atoms with Crippen molar-refractivity contribution in [2.24, 2.45) is 0 Å². The number of hydrogen-bond donors (Lipinski definition) is 1. The van der Waals surface area contributed by atoms with Gasteiger partial charge < -0.3 is 10.1 Å². The van der Waals surface area contributed by atoms with Crippen LogP contribution < -0.4 is 5.32 Å². The number of allylic oxidation sites excluding steroid dienone is 2. The number of hydrogen-bond acceptors (Lipinski definition) is 5. The highest BCUT2D eigenvalue weighted by atomic mass is 35.5. The fourth-order valence-corrected chi connectivity index (χ4v) is 6.30. The van der Waals surface area contributed by atoms with Crippen LogP contribution in [0.5, 0.6) is 0 Å². The molecule has 2 aliphatic rings. The van der Waals surface area contributed by atoms with E-state index in [4.69, 9.17) is 27.9 Å². The molecular formula is C22H19Cl2NO4S. The van der Waals surface area contributed by atoms with Crippen LogP contribution in [0.4, 0.5) is 0 Å². The molecule has 2 heterocycles. The predicted molar refractivity (Wildman–Crippen MR) is 118 cm³/mol. The molecular weight excluding hydrogens is 445 g/mol. The molecule has 0 spiro atoms. The second kappa shape index (κ2) is 7.76. The lowest BCUT2D eigenvalue weighted by Gasteiger charge is -2.32. The third-order valence-corrected chi connectivity index (χ3v) is 8.16. The van der Waals surface area contributed by atoms with Crippen LogP contribution in [-0.4, -0.2) is 27.2 Å². The Morgan fingerprint density at radius 3 is 2.60 bits per heavy atom. The molecule has 156 valence electrons. The van der Waals surface area contributed by atoms with Gasteiger partial charge in [-0.1, -0.05) is 59.6 Å². The summed E-state index contributed by atoms with van der Waals surface area (Å²) in [6.45, 7) is 1.72. The minimum absolute atomic E-state index is 0.0767. The second-order valence-electron chi connectivity index (χ2n) is 7.20. The van der Waals surface area contributed by atoms with E-state index in [2.05, 4.69) is 5.32 Å². The number of dihydropyridines is 1. The number of aryl methyl sites for hydroxylation is 1. The standard InChI is InChI=1S/C22H19Cl2NO4S/c1-12-17(22(26)29-2)18(15-8-5-9-16(23)19(15)24)21-20(25-12)14-7-4-3-6-13(14)10-11-30(21,27)28/h3-9,18,25H,10-11H2,1-2H3. The van der Waals surface area contributed by atoms with Crippen LogP contribution in [-0.2, 0) is 25.8 Å². The third kappa shape index (κ3) is 3.33. The van der Waals surface area contributed by atoms with Gasteiger partial charge in [0.1, 0.15) is 0 Å². The number of fused-ring (bicyclic) bond motifs is 2. The summed E-state index contributed by atoms with van der Waals surface area (Å²) in [6.07, 6.45) is 0.371. The average molecular weight is 464 g/mol. The Balaban J connectivity index is 2.10. The Bertz CT molecular complexity index is 1230. The summed E-state index contributed by atoms with van der Waals surface area (Å²) in [5.41, 5.74) is 3.33. The minimum Gasteiger partial charge on any atom is -0.466 e. The van der Waals surface area contributed by atoms with Crippen molar-refractivity contribution in [3.63, 3.8) is 0 Å². The fraction of sp³-hybridized carbons (Fsp3) is 0.227. The molecule has 2 aromatic carbocycles. The second-order valence-corrected chi connectivity index (χ2v) is 10.1. The van der Waals surface area contributed by atoms with Gasteiger partial charge in [0, 0.05) is 11.3 Å². The van der Waals surface area contributed by atoms with Crippen LogP contribution in [0.25, 0.3) is 5.70 Å². The van der Waals surface area contributed by atoms with E-state index in [0.717, 1.165) is 11.1 Å². The maximum atomic E-state index is 13.5. The quantitative estimate of drug-likeness (QED) is 0.665. The third-order valence-electron chi connectivity index (χ3n) is 5.47. The van der Waals surface area contributed by atoms with Gasteiger partial charge in [0.15, 0.2) is 9.84 Å². The van der Waals surface area contributed by atoms with Gasteiger partial charge >= 0.3 is 5.97 Å². The fourth-order valence-electron chi connectivity index (χ4n) is 4.10. The van der Waals surface area contributed by atoms with Gasteiger partial charge in [-0.15, -0.1) is 0 Å². The number of methoxy groups -OCH3 is 1. The minimum atomic E-state index is -3.74. The predicted octanol–water partition coefficient (Wildman–Crippen LogP) is 4.47. The molecule has 0 saturated heterocycles.